The molecule has 1 spiro atoms. The van der Waals surface area contributed by atoms with Gasteiger partial charge in [0.15, 0.2) is 0 Å². The van der Waals surface area contributed by atoms with Crippen molar-refractivity contribution in [1.29, 1.82) is 0 Å². The largest absolute Gasteiger partial charge is 0.341 e. The first-order valence-electron chi connectivity index (χ1n) is 5.64. The maximum atomic E-state index is 11.5. The second-order valence-electron chi connectivity index (χ2n) is 4.99. The number of alkyl halides is 1. The molecule has 1 saturated carbocycles. The Hall–Kier alpha value is 0.110. The summed E-state index contributed by atoms with van der Waals surface area (Å²) in [6.45, 7) is 1.84. The van der Waals surface area contributed by atoms with Gasteiger partial charge in [-0.25, -0.2) is 0 Å². The standard InChI is InChI=1S/C11H18ClNOS/c12-6-10(14)13-4-3-11(8-13)2-1-9(5-11)7-15/h9,15H,1-8H2/t9-,11+/m1/s1. The highest BCUT2D eigenvalue weighted by Gasteiger charge is 2.44. The van der Waals surface area contributed by atoms with Crippen molar-refractivity contribution < 1.29 is 4.79 Å². The zero-order valence-corrected chi connectivity index (χ0v) is 10.6. The molecular weight excluding hydrogens is 230 g/mol. The van der Waals surface area contributed by atoms with Crippen LogP contribution in [0.4, 0.5) is 0 Å². The molecule has 1 aliphatic heterocycles. The molecule has 0 aromatic carbocycles. The van der Waals surface area contributed by atoms with Crippen molar-refractivity contribution in [3.63, 3.8) is 0 Å². The molecule has 2 rings (SSSR count). The summed E-state index contributed by atoms with van der Waals surface area (Å²) in [5.74, 6) is 1.99. The molecule has 1 heterocycles. The normalized spacial score (nSPS) is 35.3. The van der Waals surface area contributed by atoms with Gasteiger partial charge in [0.25, 0.3) is 0 Å². The minimum absolute atomic E-state index is 0.0999. The second-order valence-corrected chi connectivity index (χ2v) is 5.62. The minimum atomic E-state index is 0.0999. The molecule has 0 radical (unpaired) electrons. The fourth-order valence-corrected chi connectivity index (χ4v) is 3.57. The number of hydrogen-bond donors (Lipinski definition) is 1. The van der Waals surface area contributed by atoms with Crippen molar-refractivity contribution >= 4 is 30.1 Å². The van der Waals surface area contributed by atoms with Gasteiger partial charge in [-0.15, -0.1) is 11.6 Å². The highest BCUT2D eigenvalue weighted by atomic mass is 35.5. The second kappa shape index (κ2) is 4.54. The third-order valence-electron chi connectivity index (χ3n) is 3.97. The third kappa shape index (κ3) is 2.28. The van der Waals surface area contributed by atoms with Gasteiger partial charge in [-0.05, 0) is 42.8 Å². The Bertz CT molecular complexity index is 261. The van der Waals surface area contributed by atoms with E-state index < -0.39 is 0 Å². The monoisotopic (exact) mass is 247 g/mol. The van der Waals surface area contributed by atoms with Gasteiger partial charge < -0.3 is 4.90 Å². The van der Waals surface area contributed by atoms with Crippen LogP contribution in [0.3, 0.4) is 0 Å². The maximum absolute atomic E-state index is 11.5. The van der Waals surface area contributed by atoms with Gasteiger partial charge in [-0.2, -0.15) is 12.6 Å². The van der Waals surface area contributed by atoms with Crippen molar-refractivity contribution in [3.8, 4) is 0 Å². The third-order valence-corrected chi connectivity index (χ3v) is 4.71. The molecule has 4 heteroatoms. The van der Waals surface area contributed by atoms with E-state index in [0.717, 1.165) is 24.8 Å². The molecular formula is C11H18ClNOS. The van der Waals surface area contributed by atoms with E-state index in [-0.39, 0.29) is 11.8 Å². The van der Waals surface area contributed by atoms with Gasteiger partial charge in [0.1, 0.15) is 5.88 Å². The molecule has 1 saturated heterocycles. The van der Waals surface area contributed by atoms with Crippen LogP contribution in [0.2, 0.25) is 0 Å². The van der Waals surface area contributed by atoms with Crippen LogP contribution in [0.25, 0.3) is 0 Å². The van der Waals surface area contributed by atoms with Crippen LogP contribution < -0.4 is 0 Å². The highest BCUT2D eigenvalue weighted by Crippen LogP contribution is 2.48. The molecule has 2 atom stereocenters. The average Bonchev–Trinajstić information content (AvgIpc) is 2.86. The summed E-state index contributed by atoms with van der Waals surface area (Å²) >= 11 is 9.95. The molecule has 2 aliphatic rings. The van der Waals surface area contributed by atoms with Crippen LogP contribution in [0, 0.1) is 11.3 Å². The Kier molecular flexibility index (Phi) is 3.51. The number of carbonyl (C=O) groups is 1. The first kappa shape index (κ1) is 11.6. The van der Waals surface area contributed by atoms with Crippen molar-refractivity contribution in [1.82, 2.24) is 4.90 Å². The van der Waals surface area contributed by atoms with Crippen molar-refractivity contribution in [2.24, 2.45) is 11.3 Å². The number of likely N-dealkylation sites (tertiary alicyclic amines) is 1. The highest BCUT2D eigenvalue weighted by molar-refractivity contribution is 7.80. The van der Waals surface area contributed by atoms with Crippen LogP contribution >= 0.6 is 24.2 Å². The summed E-state index contributed by atoms with van der Waals surface area (Å²) in [5.41, 5.74) is 0.412. The molecule has 0 aromatic heterocycles. The number of halogens is 1. The van der Waals surface area contributed by atoms with Gasteiger partial charge in [-0.3, -0.25) is 4.79 Å². The smallest absolute Gasteiger partial charge is 0.237 e. The van der Waals surface area contributed by atoms with E-state index in [1.807, 2.05) is 4.90 Å². The lowest BCUT2D eigenvalue weighted by atomic mass is 9.85. The van der Waals surface area contributed by atoms with Crippen molar-refractivity contribution in [2.75, 3.05) is 24.7 Å². The maximum Gasteiger partial charge on any atom is 0.237 e. The lowest BCUT2D eigenvalue weighted by Gasteiger charge is -2.23. The van der Waals surface area contributed by atoms with Crippen LogP contribution in [-0.2, 0) is 4.79 Å². The zero-order valence-electron chi connectivity index (χ0n) is 8.91. The fourth-order valence-electron chi connectivity index (χ4n) is 3.09. The summed E-state index contributed by atoms with van der Waals surface area (Å²) in [4.78, 5) is 13.4. The van der Waals surface area contributed by atoms with Crippen LogP contribution in [0.5, 0.6) is 0 Å². The predicted octanol–water partition coefficient (Wildman–Crippen LogP) is 2.17. The SMILES string of the molecule is O=C(CCl)N1CC[C@]2(CC[C@@H](CS)C2)C1. The number of thiol groups is 1. The van der Waals surface area contributed by atoms with E-state index >= 15 is 0 Å². The van der Waals surface area contributed by atoms with Crippen LogP contribution in [-0.4, -0.2) is 35.5 Å². The predicted molar refractivity (Wildman–Crippen MR) is 65.5 cm³/mol. The summed E-state index contributed by atoms with van der Waals surface area (Å²) in [6.07, 6.45) is 4.97. The Balaban J connectivity index is 1.94. The molecule has 86 valence electrons. The van der Waals surface area contributed by atoms with Crippen molar-refractivity contribution in [2.45, 2.75) is 25.7 Å². The van der Waals surface area contributed by atoms with Gasteiger partial charge in [0.2, 0.25) is 5.91 Å². The average molecular weight is 248 g/mol. The quantitative estimate of drug-likeness (QED) is 0.586. The van der Waals surface area contributed by atoms with E-state index in [4.69, 9.17) is 11.6 Å². The molecule has 0 aromatic rings. The fraction of sp³-hybridized carbons (Fsp3) is 0.909. The summed E-state index contributed by atoms with van der Waals surface area (Å²) in [5, 5.41) is 0. The Morgan fingerprint density at radius 1 is 1.53 bits per heavy atom. The van der Waals surface area contributed by atoms with Gasteiger partial charge in [-0.1, -0.05) is 0 Å². The number of amides is 1. The summed E-state index contributed by atoms with van der Waals surface area (Å²) in [6, 6.07) is 0. The van der Waals surface area contributed by atoms with Gasteiger partial charge in [0.05, 0.1) is 0 Å². The molecule has 1 amide bonds. The zero-order chi connectivity index (χ0) is 10.9. The van der Waals surface area contributed by atoms with Gasteiger partial charge in [0, 0.05) is 13.1 Å². The van der Waals surface area contributed by atoms with E-state index in [0.29, 0.717) is 5.41 Å². The lowest BCUT2D eigenvalue weighted by molar-refractivity contribution is -0.127. The number of hydrogen-bond acceptors (Lipinski definition) is 2. The minimum Gasteiger partial charge on any atom is -0.341 e. The molecule has 1 aliphatic carbocycles. The Labute approximate surface area is 102 Å². The number of carbonyl (C=O) groups excluding carboxylic acids is 1. The Morgan fingerprint density at radius 2 is 2.33 bits per heavy atom. The molecule has 2 fully saturated rings. The Morgan fingerprint density at radius 3 is 2.93 bits per heavy atom. The van der Waals surface area contributed by atoms with Crippen LogP contribution in [0.15, 0.2) is 0 Å². The molecule has 2 nitrogen and oxygen atoms in total. The lowest BCUT2D eigenvalue weighted by Crippen LogP contribution is -2.32. The summed E-state index contributed by atoms with van der Waals surface area (Å²) in [7, 11) is 0. The first-order chi connectivity index (χ1) is 7.19. The van der Waals surface area contributed by atoms with E-state index in [1.165, 1.54) is 25.7 Å². The van der Waals surface area contributed by atoms with Gasteiger partial charge >= 0.3 is 0 Å². The number of nitrogens with zero attached hydrogens (tertiary/aromatic N) is 1. The van der Waals surface area contributed by atoms with E-state index in [2.05, 4.69) is 12.6 Å². The molecule has 0 unspecified atom stereocenters. The van der Waals surface area contributed by atoms with Crippen LogP contribution in [0.1, 0.15) is 25.7 Å². The van der Waals surface area contributed by atoms with E-state index in [1.54, 1.807) is 0 Å². The molecule has 15 heavy (non-hydrogen) atoms. The number of rotatable bonds is 2. The first-order valence-corrected chi connectivity index (χ1v) is 6.80. The van der Waals surface area contributed by atoms with E-state index in [9.17, 15) is 4.79 Å². The molecule has 0 bridgehead atoms. The van der Waals surface area contributed by atoms with Crippen molar-refractivity contribution in [3.05, 3.63) is 0 Å². The summed E-state index contributed by atoms with van der Waals surface area (Å²) < 4.78 is 0. The molecule has 0 N–H and O–H groups in total. The topological polar surface area (TPSA) is 20.3 Å².